The average molecular weight is 407 g/mol. The van der Waals surface area contributed by atoms with Crippen LogP contribution in [-0.4, -0.2) is 35.3 Å². The molecule has 1 aliphatic carbocycles. The first-order chi connectivity index (χ1) is 14.6. The second-order valence-electron chi connectivity index (χ2n) is 8.40. The van der Waals surface area contributed by atoms with E-state index in [0.29, 0.717) is 19.4 Å². The van der Waals surface area contributed by atoms with Gasteiger partial charge >= 0.3 is 0 Å². The molecular weight excluding hydrogens is 372 g/mol. The Morgan fingerprint density at radius 1 is 1.00 bits per heavy atom. The van der Waals surface area contributed by atoms with Gasteiger partial charge < -0.3 is 10.2 Å². The minimum Gasteiger partial charge on any atom is -0.352 e. The molecule has 0 aliphatic heterocycles. The third-order valence-corrected chi connectivity index (χ3v) is 6.05. The second kappa shape index (κ2) is 11.0. The predicted octanol–water partition coefficient (Wildman–Crippen LogP) is 4.45. The number of aryl methyl sites for hydroxylation is 1. The molecule has 0 unspecified atom stereocenters. The van der Waals surface area contributed by atoms with E-state index in [9.17, 15) is 9.59 Å². The van der Waals surface area contributed by atoms with Crippen LogP contribution in [-0.2, 0) is 22.4 Å². The van der Waals surface area contributed by atoms with Crippen molar-refractivity contribution in [3.05, 3.63) is 71.3 Å². The molecular formula is C26H34N2O2. The predicted molar refractivity (Wildman–Crippen MR) is 121 cm³/mol. The molecule has 30 heavy (non-hydrogen) atoms. The van der Waals surface area contributed by atoms with Crippen LogP contribution in [0.1, 0.15) is 55.7 Å². The summed E-state index contributed by atoms with van der Waals surface area (Å²) in [6.45, 7) is 4.58. The highest BCUT2D eigenvalue weighted by Gasteiger charge is 2.30. The van der Waals surface area contributed by atoms with Gasteiger partial charge in [0.25, 0.3) is 0 Å². The van der Waals surface area contributed by atoms with Crippen molar-refractivity contribution in [2.24, 2.45) is 0 Å². The maximum Gasteiger partial charge on any atom is 0.243 e. The van der Waals surface area contributed by atoms with Crippen molar-refractivity contribution >= 4 is 11.8 Å². The van der Waals surface area contributed by atoms with Gasteiger partial charge in [-0.25, -0.2) is 0 Å². The third kappa shape index (κ3) is 6.19. The van der Waals surface area contributed by atoms with Gasteiger partial charge in [-0.2, -0.15) is 0 Å². The van der Waals surface area contributed by atoms with Crippen molar-refractivity contribution in [2.45, 2.75) is 70.9 Å². The summed E-state index contributed by atoms with van der Waals surface area (Å²) in [5, 5.41) is 3.20. The van der Waals surface area contributed by atoms with Gasteiger partial charge in [0.2, 0.25) is 11.8 Å². The summed E-state index contributed by atoms with van der Waals surface area (Å²) in [5.74, 6) is 0.0120. The van der Waals surface area contributed by atoms with Gasteiger partial charge in [0, 0.05) is 12.6 Å². The molecule has 2 aromatic carbocycles. The number of nitrogens with zero attached hydrogens (tertiary/aromatic N) is 1. The van der Waals surface area contributed by atoms with Gasteiger partial charge in [0.15, 0.2) is 0 Å². The highest BCUT2D eigenvalue weighted by atomic mass is 16.2. The van der Waals surface area contributed by atoms with E-state index in [1.54, 1.807) is 4.90 Å². The van der Waals surface area contributed by atoms with Gasteiger partial charge in [-0.1, -0.05) is 79.9 Å². The molecule has 1 atom stereocenters. The molecule has 0 radical (unpaired) electrons. The van der Waals surface area contributed by atoms with Crippen LogP contribution in [0, 0.1) is 6.92 Å². The lowest BCUT2D eigenvalue weighted by atomic mass is 10.0. The first kappa shape index (κ1) is 22.1. The summed E-state index contributed by atoms with van der Waals surface area (Å²) < 4.78 is 0. The molecule has 1 N–H and O–H groups in total. The Morgan fingerprint density at radius 2 is 1.67 bits per heavy atom. The van der Waals surface area contributed by atoms with Crippen molar-refractivity contribution in [3.8, 4) is 0 Å². The SMILES string of the molecule is CC[C@@H](C(=O)NC1CCCC1)N(CCc1ccccc1)C(=O)Cc1ccc(C)cc1. The molecule has 4 heteroatoms. The Balaban J connectivity index is 1.74. The molecule has 1 aliphatic rings. The zero-order valence-corrected chi connectivity index (χ0v) is 18.3. The molecule has 0 bridgehead atoms. The van der Waals surface area contributed by atoms with Crippen LogP contribution in [0.25, 0.3) is 0 Å². The molecule has 0 aromatic heterocycles. The zero-order chi connectivity index (χ0) is 21.3. The number of amides is 2. The molecule has 1 fully saturated rings. The molecule has 4 nitrogen and oxygen atoms in total. The maximum atomic E-state index is 13.3. The summed E-state index contributed by atoms with van der Waals surface area (Å²) in [5.41, 5.74) is 3.34. The number of hydrogen-bond acceptors (Lipinski definition) is 2. The van der Waals surface area contributed by atoms with Crippen LogP contribution in [0.4, 0.5) is 0 Å². The van der Waals surface area contributed by atoms with E-state index in [1.807, 2.05) is 56.3 Å². The molecule has 2 aromatic rings. The van der Waals surface area contributed by atoms with E-state index in [0.717, 1.165) is 24.8 Å². The lowest BCUT2D eigenvalue weighted by Gasteiger charge is -2.31. The lowest BCUT2D eigenvalue weighted by Crippen LogP contribution is -2.52. The number of carbonyl (C=O) groups is 2. The van der Waals surface area contributed by atoms with Crippen molar-refractivity contribution in [1.29, 1.82) is 0 Å². The van der Waals surface area contributed by atoms with Crippen molar-refractivity contribution in [3.63, 3.8) is 0 Å². The number of carbonyl (C=O) groups excluding carboxylic acids is 2. The maximum absolute atomic E-state index is 13.3. The molecule has 0 saturated heterocycles. The van der Waals surface area contributed by atoms with Crippen LogP contribution in [0.2, 0.25) is 0 Å². The van der Waals surface area contributed by atoms with Crippen LogP contribution in [0.15, 0.2) is 54.6 Å². The van der Waals surface area contributed by atoms with Gasteiger partial charge in [-0.05, 0) is 43.7 Å². The molecule has 160 valence electrons. The fourth-order valence-electron chi connectivity index (χ4n) is 4.25. The Kier molecular flexibility index (Phi) is 8.06. The fraction of sp³-hybridized carbons (Fsp3) is 0.462. The number of rotatable bonds is 9. The number of nitrogens with one attached hydrogen (secondary N) is 1. The third-order valence-electron chi connectivity index (χ3n) is 6.05. The monoisotopic (exact) mass is 406 g/mol. The van der Waals surface area contributed by atoms with E-state index in [4.69, 9.17) is 0 Å². The fourth-order valence-corrected chi connectivity index (χ4v) is 4.25. The topological polar surface area (TPSA) is 49.4 Å². The van der Waals surface area contributed by atoms with E-state index in [1.165, 1.54) is 24.0 Å². The van der Waals surface area contributed by atoms with Crippen molar-refractivity contribution in [2.75, 3.05) is 6.54 Å². The van der Waals surface area contributed by atoms with Crippen molar-refractivity contribution < 1.29 is 9.59 Å². The minimum atomic E-state index is -0.424. The normalized spacial score (nSPS) is 15.0. The minimum absolute atomic E-state index is 0.00489. The van der Waals surface area contributed by atoms with E-state index in [2.05, 4.69) is 17.4 Å². The number of hydrogen-bond donors (Lipinski definition) is 1. The summed E-state index contributed by atoms with van der Waals surface area (Å²) in [6, 6.07) is 18.1. The van der Waals surface area contributed by atoms with E-state index >= 15 is 0 Å². The first-order valence-corrected chi connectivity index (χ1v) is 11.3. The zero-order valence-electron chi connectivity index (χ0n) is 18.3. The average Bonchev–Trinajstić information content (AvgIpc) is 3.26. The van der Waals surface area contributed by atoms with Gasteiger partial charge in [0.1, 0.15) is 6.04 Å². The van der Waals surface area contributed by atoms with Crippen LogP contribution in [0.5, 0.6) is 0 Å². The Bertz CT molecular complexity index is 811. The van der Waals surface area contributed by atoms with E-state index in [-0.39, 0.29) is 17.9 Å². The van der Waals surface area contributed by atoms with Crippen LogP contribution in [0.3, 0.4) is 0 Å². The first-order valence-electron chi connectivity index (χ1n) is 11.3. The van der Waals surface area contributed by atoms with E-state index < -0.39 is 6.04 Å². The largest absolute Gasteiger partial charge is 0.352 e. The molecule has 2 amide bonds. The Labute approximate surface area is 180 Å². The molecule has 0 heterocycles. The van der Waals surface area contributed by atoms with Crippen molar-refractivity contribution in [1.82, 2.24) is 10.2 Å². The lowest BCUT2D eigenvalue weighted by molar-refractivity contribution is -0.140. The summed E-state index contributed by atoms with van der Waals surface area (Å²) in [6.07, 6.45) is 6.12. The molecule has 1 saturated carbocycles. The summed E-state index contributed by atoms with van der Waals surface area (Å²) in [4.78, 5) is 28.2. The molecule has 3 rings (SSSR count). The smallest absolute Gasteiger partial charge is 0.243 e. The standard InChI is InChI=1S/C26H34N2O2/c1-3-24(26(30)27-23-11-7-8-12-23)28(18-17-21-9-5-4-6-10-21)25(29)19-22-15-13-20(2)14-16-22/h4-6,9-10,13-16,23-24H,3,7-8,11-12,17-19H2,1-2H3,(H,27,30)/t24-/m0/s1. The second-order valence-corrected chi connectivity index (χ2v) is 8.40. The van der Waals surface area contributed by atoms with Gasteiger partial charge in [0.05, 0.1) is 6.42 Å². The Morgan fingerprint density at radius 3 is 2.30 bits per heavy atom. The van der Waals surface area contributed by atoms with Crippen LogP contribution >= 0.6 is 0 Å². The summed E-state index contributed by atoms with van der Waals surface area (Å²) in [7, 11) is 0. The number of benzene rings is 2. The molecule has 0 spiro atoms. The Hall–Kier alpha value is -2.62. The van der Waals surface area contributed by atoms with Gasteiger partial charge in [-0.3, -0.25) is 9.59 Å². The van der Waals surface area contributed by atoms with Crippen LogP contribution < -0.4 is 5.32 Å². The summed E-state index contributed by atoms with van der Waals surface area (Å²) >= 11 is 0. The van der Waals surface area contributed by atoms with Gasteiger partial charge in [-0.15, -0.1) is 0 Å². The highest BCUT2D eigenvalue weighted by molar-refractivity contribution is 5.88. The highest BCUT2D eigenvalue weighted by Crippen LogP contribution is 2.19. The quantitative estimate of drug-likeness (QED) is 0.669.